The van der Waals surface area contributed by atoms with Crippen molar-refractivity contribution in [2.24, 2.45) is 7.05 Å². The topological polar surface area (TPSA) is 84.6 Å². The monoisotopic (exact) mass is 427 g/mol. The van der Waals surface area contributed by atoms with Gasteiger partial charge in [-0.25, -0.2) is 4.79 Å². The molecule has 0 radical (unpaired) electrons. The molecule has 1 saturated heterocycles. The number of nitrogens with one attached hydrogen (secondary N) is 1. The Hall–Kier alpha value is -4.13. The standard InChI is InChI=1S/C25H21N3O4/c1-25(20-13-8-14-32-20)23(30)28(24(31)26-25)15-19(29)21-17-11-6-7-12-18(17)27(2)22(21)16-9-4-3-5-10-16/h3-14H,15H2,1-2H3,(H,26,31)/t25-/m0/s1. The van der Waals surface area contributed by atoms with Crippen molar-refractivity contribution in [2.75, 3.05) is 6.54 Å². The molecule has 0 unspecified atom stereocenters. The van der Waals surface area contributed by atoms with Gasteiger partial charge in [0.15, 0.2) is 11.3 Å². The van der Waals surface area contributed by atoms with Crippen LogP contribution in [0.15, 0.2) is 77.4 Å². The van der Waals surface area contributed by atoms with Crippen molar-refractivity contribution >= 4 is 28.6 Å². The summed E-state index contributed by atoms with van der Waals surface area (Å²) in [7, 11) is 1.91. The number of hydrogen-bond acceptors (Lipinski definition) is 4. The zero-order valence-corrected chi connectivity index (χ0v) is 17.7. The fourth-order valence-electron chi connectivity index (χ4n) is 4.40. The van der Waals surface area contributed by atoms with Crippen molar-refractivity contribution in [2.45, 2.75) is 12.5 Å². The number of para-hydroxylation sites is 1. The predicted molar refractivity (Wildman–Crippen MR) is 119 cm³/mol. The number of aromatic nitrogens is 1. The minimum absolute atomic E-state index is 0.312. The minimum Gasteiger partial charge on any atom is -0.466 e. The molecule has 0 spiro atoms. The molecule has 2 aromatic carbocycles. The molecule has 1 fully saturated rings. The van der Waals surface area contributed by atoms with Gasteiger partial charge in [0, 0.05) is 18.0 Å². The lowest BCUT2D eigenvalue weighted by Gasteiger charge is -2.19. The van der Waals surface area contributed by atoms with Crippen LogP contribution >= 0.6 is 0 Å². The molecule has 1 aliphatic rings. The summed E-state index contributed by atoms with van der Waals surface area (Å²) in [5.41, 5.74) is 1.67. The Bertz CT molecular complexity index is 1350. The molecular formula is C25H21N3O4. The van der Waals surface area contributed by atoms with E-state index in [1.54, 1.807) is 19.1 Å². The number of hydrogen-bond donors (Lipinski definition) is 1. The highest BCUT2D eigenvalue weighted by Gasteiger charge is 2.51. The zero-order valence-electron chi connectivity index (χ0n) is 17.7. The van der Waals surface area contributed by atoms with Crippen LogP contribution in [0.25, 0.3) is 22.2 Å². The Kier molecular flexibility index (Phi) is 4.48. The van der Waals surface area contributed by atoms with Gasteiger partial charge in [-0.15, -0.1) is 0 Å². The normalized spacial score (nSPS) is 18.4. The maximum Gasteiger partial charge on any atom is 0.325 e. The van der Waals surface area contributed by atoms with E-state index in [-0.39, 0.29) is 12.3 Å². The summed E-state index contributed by atoms with van der Waals surface area (Å²) >= 11 is 0. The maximum absolute atomic E-state index is 13.6. The molecule has 4 aromatic rings. The van der Waals surface area contributed by atoms with Crippen molar-refractivity contribution in [3.8, 4) is 11.3 Å². The van der Waals surface area contributed by atoms with E-state index in [2.05, 4.69) is 5.32 Å². The first-order chi connectivity index (χ1) is 15.4. The average molecular weight is 427 g/mol. The number of ketones is 1. The summed E-state index contributed by atoms with van der Waals surface area (Å²) in [6, 6.07) is 19.9. The largest absolute Gasteiger partial charge is 0.466 e. The van der Waals surface area contributed by atoms with E-state index >= 15 is 0 Å². The molecule has 7 heteroatoms. The summed E-state index contributed by atoms with van der Waals surface area (Å²) in [6.45, 7) is 1.21. The lowest BCUT2D eigenvalue weighted by atomic mass is 9.98. The minimum atomic E-state index is -1.35. The molecule has 7 nitrogen and oxygen atoms in total. The van der Waals surface area contributed by atoms with E-state index in [1.807, 2.05) is 66.2 Å². The van der Waals surface area contributed by atoms with Crippen LogP contribution in [0.4, 0.5) is 4.79 Å². The second kappa shape index (κ2) is 7.23. The van der Waals surface area contributed by atoms with Gasteiger partial charge in [0.05, 0.1) is 24.1 Å². The van der Waals surface area contributed by atoms with Crippen LogP contribution in [-0.2, 0) is 17.4 Å². The molecule has 0 aliphatic carbocycles. The summed E-state index contributed by atoms with van der Waals surface area (Å²) < 4.78 is 7.33. The van der Waals surface area contributed by atoms with Crippen molar-refractivity contribution in [1.82, 2.24) is 14.8 Å². The van der Waals surface area contributed by atoms with Crippen LogP contribution in [0, 0.1) is 0 Å². The first kappa shape index (κ1) is 19.8. The van der Waals surface area contributed by atoms with Gasteiger partial charge in [-0.1, -0.05) is 48.5 Å². The number of nitrogens with zero attached hydrogens (tertiary/aromatic N) is 2. The third kappa shape index (κ3) is 2.85. The Morgan fingerprint density at radius 3 is 2.44 bits per heavy atom. The highest BCUT2D eigenvalue weighted by atomic mass is 16.3. The van der Waals surface area contributed by atoms with Gasteiger partial charge in [0.25, 0.3) is 5.91 Å². The number of carbonyl (C=O) groups is 3. The van der Waals surface area contributed by atoms with Crippen LogP contribution in [-0.4, -0.2) is 33.7 Å². The maximum atomic E-state index is 13.6. The molecule has 0 saturated carbocycles. The highest BCUT2D eigenvalue weighted by Crippen LogP contribution is 2.34. The molecule has 0 bridgehead atoms. The van der Waals surface area contributed by atoms with Gasteiger partial charge in [0.1, 0.15) is 5.76 Å². The van der Waals surface area contributed by atoms with E-state index in [1.165, 1.54) is 6.26 Å². The number of carbonyl (C=O) groups excluding carboxylic acids is 3. The van der Waals surface area contributed by atoms with Crippen molar-refractivity contribution in [3.05, 3.63) is 84.3 Å². The van der Waals surface area contributed by atoms with Crippen LogP contribution in [0.2, 0.25) is 0 Å². The number of furan rings is 1. The second-order valence-corrected chi connectivity index (χ2v) is 8.01. The molecule has 3 amide bonds. The van der Waals surface area contributed by atoms with Gasteiger partial charge < -0.3 is 14.3 Å². The van der Waals surface area contributed by atoms with Crippen LogP contribution in [0.3, 0.4) is 0 Å². The van der Waals surface area contributed by atoms with Crippen LogP contribution in [0.1, 0.15) is 23.0 Å². The number of Topliss-reactive ketones (excluding diaryl/α,β-unsaturated/α-hetero) is 1. The Balaban J connectivity index is 1.57. The summed E-state index contributed by atoms with van der Waals surface area (Å²) in [5.74, 6) is -0.513. The molecule has 3 heterocycles. The van der Waals surface area contributed by atoms with E-state index in [0.717, 1.165) is 27.1 Å². The Morgan fingerprint density at radius 1 is 1.00 bits per heavy atom. The quantitative estimate of drug-likeness (QED) is 0.384. The predicted octanol–water partition coefficient (Wildman–Crippen LogP) is 4.09. The average Bonchev–Trinajstić information content (AvgIpc) is 3.49. The molecule has 1 atom stereocenters. The van der Waals surface area contributed by atoms with Gasteiger partial charge >= 0.3 is 6.03 Å². The Morgan fingerprint density at radius 2 is 1.72 bits per heavy atom. The molecule has 2 aromatic heterocycles. The zero-order chi connectivity index (χ0) is 22.5. The van der Waals surface area contributed by atoms with E-state index in [9.17, 15) is 14.4 Å². The third-order valence-corrected chi connectivity index (χ3v) is 6.02. The van der Waals surface area contributed by atoms with E-state index < -0.39 is 17.5 Å². The van der Waals surface area contributed by atoms with Gasteiger partial charge in [-0.05, 0) is 30.7 Å². The van der Waals surface area contributed by atoms with Crippen molar-refractivity contribution in [1.29, 1.82) is 0 Å². The lowest BCUT2D eigenvalue weighted by Crippen LogP contribution is -2.41. The summed E-state index contributed by atoms with van der Waals surface area (Å²) in [4.78, 5) is 40.4. The van der Waals surface area contributed by atoms with E-state index in [4.69, 9.17) is 4.42 Å². The number of benzene rings is 2. The molecule has 5 rings (SSSR count). The molecule has 32 heavy (non-hydrogen) atoms. The van der Waals surface area contributed by atoms with Gasteiger partial charge in [-0.3, -0.25) is 14.5 Å². The molecule has 1 aliphatic heterocycles. The SMILES string of the molecule is Cn1c(-c2ccccc2)c(C(=O)CN2C(=O)N[C@@](C)(c3ccco3)C2=O)c2ccccc21. The fraction of sp³-hybridized carbons (Fsp3) is 0.160. The number of imide groups is 1. The lowest BCUT2D eigenvalue weighted by molar-refractivity contribution is -0.131. The first-order valence-electron chi connectivity index (χ1n) is 10.3. The summed E-state index contributed by atoms with van der Waals surface area (Å²) in [5, 5.41) is 3.44. The third-order valence-electron chi connectivity index (χ3n) is 6.02. The first-order valence-corrected chi connectivity index (χ1v) is 10.3. The second-order valence-electron chi connectivity index (χ2n) is 8.01. The smallest absolute Gasteiger partial charge is 0.325 e. The molecule has 1 N–H and O–H groups in total. The highest BCUT2D eigenvalue weighted by molar-refractivity contribution is 6.17. The van der Waals surface area contributed by atoms with Gasteiger partial charge in [-0.2, -0.15) is 0 Å². The van der Waals surface area contributed by atoms with Gasteiger partial charge in [0.2, 0.25) is 0 Å². The van der Waals surface area contributed by atoms with E-state index in [0.29, 0.717) is 11.3 Å². The number of urea groups is 1. The fourth-order valence-corrected chi connectivity index (χ4v) is 4.40. The number of aryl methyl sites for hydroxylation is 1. The Labute approximate surface area is 184 Å². The molecule has 160 valence electrons. The van der Waals surface area contributed by atoms with Crippen molar-refractivity contribution in [3.63, 3.8) is 0 Å². The van der Waals surface area contributed by atoms with Crippen molar-refractivity contribution < 1.29 is 18.8 Å². The summed E-state index contributed by atoms with van der Waals surface area (Å²) in [6.07, 6.45) is 1.44. The number of amides is 3. The molecular weight excluding hydrogens is 406 g/mol. The van der Waals surface area contributed by atoms with Crippen LogP contribution in [0.5, 0.6) is 0 Å². The number of fused-ring (bicyclic) bond motifs is 1. The van der Waals surface area contributed by atoms with Crippen LogP contribution < -0.4 is 5.32 Å². The number of rotatable bonds is 5.